The fourth-order valence-electron chi connectivity index (χ4n) is 4.06. The summed E-state index contributed by atoms with van der Waals surface area (Å²) in [4.78, 5) is 2.57. The molecular formula is C17H25ClN2O3. The first-order valence-corrected chi connectivity index (χ1v) is 8.18. The van der Waals surface area contributed by atoms with Crippen molar-refractivity contribution in [3.8, 4) is 17.2 Å². The molecule has 5 nitrogen and oxygen atoms in total. The molecule has 0 unspecified atom stereocenters. The molecule has 6 heteroatoms. The Morgan fingerprint density at radius 3 is 2.83 bits per heavy atom. The number of piperidine rings is 1. The van der Waals surface area contributed by atoms with Crippen molar-refractivity contribution in [2.75, 3.05) is 40.1 Å². The second kappa shape index (κ2) is 6.75. The summed E-state index contributed by atoms with van der Waals surface area (Å²) >= 11 is 0. The third-order valence-electron chi connectivity index (χ3n) is 5.31. The van der Waals surface area contributed by atoms with Gasteiger partial charge in [0, 0.05) is 13.1 Å². The third kappa shape index (κ3) is 3.23. The summed E-state index contributed by atoms with van der Waals surface area (Å²) in [5.41, 5.74) is 1.79. The maximum Gasteiger partial charge on any atom is 0.231 e. The lowest BCUT2D eigenvalue weighted by atomic mass is 9.78. The number of likely N-dealkylation sites (tertiary alicyclic amines) is 1. The minimum absolute atomic E-state index is 0. The predicted octanol–water partition coefficient (Wildman–Crippen LogP) is 2.42. The second-order valence-electron chi connectivity index (χ2n) is 6.74. The Labute approximate surface area is 143 Å². The van der Waals surface area contributed by atoms with E-state index in [1.54, 1.807) is 7.11 Å². The Hall–Kier alpha value is -1.17. The Morgan fingerprint density at radius 2 is 2.04 bits per heavy atom. The van der Waals surface area contributed by atoms with Crippen LogP contribution in [0.1, 0.15) is 24.8 Å². The van der Waals surface area contributed by atoms with Crippen molar-refractivity contribution >= 4 is 12.4 Å². The molecule has 0 amide bonds. The summed E-state index contributed by atoms with van der Waals surface area (Å²) in [7, 11) is 1.68. The van der Waals surface area contributed by atoms with Crippen LogP contribution in [0.5, 0.6) is 17.2 Å². The molecule has 2 fully saturated rings. The molecular weight excluding hydrogens is 316 g/mol. The molecule has 128 valence electrons. The number of fused-ring (bicyclic) bond motifs is 1. The standard InChI is InChI=1S/C17H24N2O3.ClH/c1-20-14-8-13(9-15-16(14)22-12-21-15)10-19-7-4-17(11-19)2-5-18-6-3-17;/h8-9,18H,2-7,10-12H2,1H3;1H. The van der Waals surface area contributed by atoms with E-state index in [4.69, 9.17) is 14.2 Å². The smallest absolute Gasteiger partial charge is 0.231 e. The number of rotatable bonds is 3. The Bertz CT molecular complexity index is 561. The molecule has 0 bridgehead atoms. The zero-order valence-corrected chi connectivity index (χ0v) is 14.4. The van der Waals surface area contributed by atoms with Crippen LogP contribution in [-0.2, 0) is 6.54 Å². The van der Waals surface area contributed by atoms with Crippen molar-refractivity contribution in [1.82, 2.24) is 10.2 Å². The van der Waals surface area contributed by atoms with Gasteiger partial charge in [-0.3, -0.25) is 4.90 Å². The van der Waals surface area contributed by atoms with E-state index < -0.39 is 0 Å². The highest BCUT2D eigenvalue weighted by atomic mass is 35.5. The predicted molar refractivity (Wildman–Crippen MR) is 90.8 cm³/mol. The van der Waals surface area contributed by atoms with E-state index in [-0.39, 0.29) is 19.2 Å². The van der Waals surface area contributed by atoms with Gasteiger partial charge in [0.25, 0.3) is 0 Å². The van der Waals surface area contributed by atoms with Crippen LogP contribution in [0.2, 0.25) is 0 Å². The van der Waals surface area contributed by atoms with Crippen molar-refractivity contribution in [3.05, 3.63) is 17.7 Å². The van der Waals surface area contributed by atoms with Crippen LogP contribution in [0, 0.1) is 5.41 Å². The molecule has 3 aliphatic heterocycles. The lowest BCUT2D eigenvalue weighted by molar-refractivity contribution is 0.171. The lowest BCUT2D eigenvalue weighted by Crippen LogP contribution is -2.38. The number of halogens is 1. The van der Waals surface area contributed by atoms with E-state index in [0.29, 0.717) is 5.41 Å². The zero-order chi connectivity index (χ0) is 15.0. The number of hydrogen-bond acceptors (Lipinski definition) is 5. The van der Waals surface area contributed by atoms with Gasteiger partial charge in [-0.05, 0) is 62.0 Å². The van der Waals surface area contributed by atoms with Gasteiger partial charge in [-0.1, -0.05) is 0 Å². The number of nitrogens with one attached hydrogen (secondary N) is 1. The van der Waals surface area contributed by atoms with Gasteiger partial charge in [0.1, 0.15) is 0 Å². The van der Waals surface area contributed by atoms with Gasteiger partial charge < -0.3 is 19.5 Å². The quantitative estimate of drug-likeness (QED) is 0.915. The van der Waals surface area contributed by atoms with Gasteiger partial charge in [-0.15, -0.1) is 12.4 Å². The fraction of sp³-hybridized carbons (Fsp3) is 0.647. The lowest BCUT2D eigenvalue weighted by Gasteiger charge is -2.34. The van der Waals surface area contributed by atoms with Crippen molar-refractivity contribution in [2.45, 2.75) is 25.8 Å². The number of benzene rings is 1. The van der Waals surface area contributed by atoms with Gasteiger partial charge in [0.2, 0.25) is 12.5 Å². The Balaban J connectivity index is 0.00000156. The average Bonchev–Trinajstić information content (AvgIpc) is 3.15. The molecule has 1 aromatic carbocycles. The van der Waals surface area contributed by atoms with Gasteiger partial charge in [-0.25, -0.2) is 0 Å². The Morgan fingerprint density at radius 1 is 1.22 bits per heavy atom. The van der Waals surface area contributed by atoms with E-state index in [0.717, 1.165) is 23.8 Å². The molecule has 23 heavy (non-hydrogen) atoms. The molecule has 2 saturated heterocycles. The van der Waals surface area contributed by atoms with Crippen molar-refractivity contribution < 1.29 is 14.2 Å². The zero-order valence-electron chi connectivity index (χ0n) is 13.6. The highest BCUT2D eigenvalue weighted by Crippen LogP contribution is 2.43. The van der Waals surface area contributed by atoms with Gasteiger partial charge in [-0.2, -0.15) is 0 Å². The maximum atomic E-state index is 5.53. The van der Waals surface area contributed by atoms with Crippen LogP contribution in [0.15, 0.2) is 12.1 Å². The minimum Gasteiger partial charge on any atom is -0.493 e. The van der Waals surface area contributed by atoms with E-state index in [9.17, 15) is 0 Å². The molecule has 4 rings (SSSR count). The van der Waals surface area contributed by atoms with E-state index in [1.807, 2.05) is 0 Å². The molecule has 0 atom stereocenters. The molecule has 3 aliphatic rings. The SMILES string of the molecule is COc1cc(CN2CCC3(CCNCC3)C2)cc2c1OCO2.Cl. The first-order chi connectivity index (χ1) is 10.8. The van der Waals surface area contributed by atoms with Crippen molar-refractivity contribution in [3.63, 3.8) is 0 Å². The molecule has 1 aromatic rings. The maximum absolute atomic E-state index is 5.53. The van der Waals surface area contributed by atoms with Gasteiger partial charge in [0.15, 0.2) is 11.5 Å². The van der Waals surface area contributed by atoms with Crippen LogP contribution >= 0.6 is 12.4 Å². The second-order valence-corrected chi connectivity index (χ2v) is 6.74. The summed E-state index contributed by atoms with van der Waals surface area (Å²) in [6.45, 7) is 6.00. The summed E-state index contributed by atoms with van der Waals surface area (Å²) < 4.78 is 16.4. The molecule has 0 saturated carbocycles. The van der Waals surface area contributed by atoms with Crippen LogP contribution in [0.25, 0.3) is 0 Å². The van der Waals surface area contributed by atoms with Crippen LogP contribution in [0.3, 0.4) is 0 Å². The molecule has 3 heterocycles. The van der Waals surface area contributed by atoms with Crippen LogP contribution in [-0.4, -0.2) is 45.0 Å². The fourth-order valence-corrected chi connectivity index (χ4v) is 4.06. The molecule has 0 aliphatic carbocycles. The van der Waals surface area contributed by atoms with E-state index in [1.165, 1.54) is 51.0 Å². The monoisotopic (exact) mass is 340 g/mol. The van der Waals surface area contributed by atoms with Gasteiger partial charge in [0.05, 0.1) is 7.11 Å². The number of hydrogen-bond donors (Lipinski definition) is 1. The molecule has 1 N–H and O–H groups in total. The Kier molecular flexibility index (Phi) is 4.90. The molecule has 1 spiro atoms. The van der Waals surface area contributed by atoms with Crippen LogP contribution < -0.4 is 19.5 Å². The van der Waals surface area contributed by atoms with Crippen molar-refractivity contribution in [2.24, 2.45) is 5.41 Å². The highest BCUT2D eigenvalue weighted by Gasteiger charge is 2.38. The largest absolute Gasteiger partial charge is 0.493 e. The average molecular weight is 341 g/mol. The normalized spacial score (nSPS) is 22.1. The summed E-state index contributed by atoms with van der Waals surface area (Å²) in [5.74, 6) is 2.33. The first kappa shape index (κ1) is 16.7. The van der Waals surface area contributed by atoms with Crippen molar-refractivity contribution in [1.29, 1.82) is 0 Å². The number of ether oxygens (including phenoxy) is 3. The molecule has 0 radical (unpaired) electrons. The summed E-state index contributed by atoms with van der Waals surface area (Å²) in [6, 6.07) is 4.18. The highest BCUT2D eigenvalue weighted by molar-refractivity contribution is 5.85. The molecule has 0 aromatic heterocycles. The summed E-state index contributed by atoms with van der Waals surface area (Å²) in [6.07, 6.45) is 3.96. The van der Waals surface area contributed by atoms with Crippen LogP contribution in [0.4, 0.5) is 0 Å². The summed E-state index contributed by atoms with van der Waals surface area (Å²) in [5, 5.41) is 3.48. The number of nitrogens with zero attached hydrogens (tertiary/aromatic N) is 1. The first-order valence-electron chi connectivity index (χ1n) is 8.18. The van der Waals surface area contributed by atoms with E-state index in [2.05, 4.69) is 22.3 Å². The topological polar surface area (TPSA) is 43.0 Å². The third-order valence-corrected chi connectivity index (χ3v) is 5.31. The van der Waals surface area contributed by atoms with E-state index >= 15 is 0 Å². The minimum atomic E-state index is 0. The van der Waals surface area contributed by atoms with Gasteiger partial charge >= 0.3 is 0 Å². The number of methoxy groups -OCH3 is 1.